The molecule has 0 spiro atoms. The topological polar surface area (TPSA) is 26.0 Å². The summed E-state index contributed by atoms with van der Waals surface area (Å²) in [5.74, 6) is -1.26. The molecule has 1 aromatic rings. The fourth-order valence-electron chi connectivity index (χ4n) is 2.08. The van der Waals surface area contributed by atoms with Crippen LogP contribution in [-0.4, -0.2) is 6.04 Å². The lowest BCUT2D eigenvalue weighted by Crippen LogP contribution is -2.07. The fourth-order valence-corrected chi connectivity index (χ4v) is 2.48. The molecular weight excluding hydrogens is 264 g/mol. The molecule has 1 nitrogen and oxygen atoms in total. The Balaban J connectivity index is 2.47. The van der Waals surface area contributed by atoms with E-state index in [0.29, 0.717) is 4.47 Å². The normalized spacial score (nSPS) is 27.9. The fraction of sp³-hybridized carbons (Fsp3) is 0.455. The van der Waals surface area contributed by atoms with Gasteiger partial charge in [0.05, 0.1) is 0 Å². The molecule has 82 valence electrons. The Hall–Kier alpha value is -0.480. The zero-order valence-electron chi connectivity index (χ0n) is 8.52. The van der Waals surface area contributed by atoms with E-state index in [2.05, 4.69) is 15.9 Å². The summed E-state index contributed by atoms with van der Waals surface area (Å²) in [6.45, 7) is 3.84. The first kappa shape index (κ1) is 11.0. The third kappa shape index (κ3) is 1.60. The van der Waals surface area contributed by atoms with Gasteiger partial charge >= 0.3 is 0 Å². The van der Waals surface area contributed by atoms with Gasteiger partial charge in [-0.2, -0.15) is 0 Å². The van der Waals surface area contributed by atoms with Crippen molar-refractivity contribution in [2.45, 2.75) is 25.8 Å². The molecule has 1 aromatic carbocycles. The van der Waals surface area contributed by atoms with Gasteiger partial charge in [0.15, 0.2) is 0 Å². The molecule has 1 aliphatic carbocycles. The van der Waals surface area contributed by atoms with Crippen LogP contribution in [0.4, 0.5) is 8.78 Å². The first-order valence-electron chi connectivity index (χ1n) is 4.75. The van der Waals surface area contributed by atoms with E-state index in [1.165, 1.54) is 12.1 Å². The Morgan fingerprint density at radius 3 is 2.00 bits per heavy atom. The van der Waals surface area contributed by atoms with Gasteiger partial charge in [-0.05, 0) is 17.5 Å². The third-order valence-corrected chi connectivity index (χ3v) is 3.72. The summed E-state index contributed by atoms with van der Waals surface area (Å²) in [7, 11) is 0. The number of benzene rings is 1. The molecule has 1 aliphatic rings. The number of hydrogen-bond donors (Lipinski definition) is 1. The van der Waals surface area contributed by atoms with Crippen molar-refractivity contribution < 1.29 is 8.78 Å². The molecule has 1 fully saturated rings. The van der Waals surface area contributed by atoms with Gasteiger partial charge < -0.3 is 5.73 Å². The van der Waals surface area contributed by atoms with Crippen LogP contribution in [0.1, 0.15) is 25.3 Å². The minimum atomic E-state index is -0.520. The van der Waals surface area contributed by atoms with E-state index in [4.69, 9.17) is 5.73 Å². The van der Waals surface area contributed by atoms with Crippen LogP contribution in [0.2, 0.25) is 0 Å². The lowest BCUT2D eigenvalue weighted by Gasteiger charge is -2.06. The SMILES string of the molecule is CC1(C)[C@@H](N)[C@@H]1c1c(F)cc(Br)cc1F. The van der Waals surface area contributed by atoms with E-state index >= 15 is 0 Å². The van der Waals surface area contributed by atoms with Crippen LogP contribution in [0.25, 0.3) is 0 Å². The number of halogens is 3. The highest BCUT2D eigenvalue weighted by molar-refractivity contribution is 9.10. The van der Waals surface area contributed by atoms with E-state index in [1.807, 2.05) is 13.8 Å². The van der Waals surface area contributed by atoms with Crippen molar-refractivity contribution in [2.75, 3.05) is 0 Å². The Labute approximate surface area is 95.8 Å². The zero-order chi connectivity index (χ0) is 11.4. The minimum Gasteiger partial charge on any atom is -0.327 e. The maximum atomic E-state index is 13.6. The van der Waals surface area contributed by atoms with Crippen molar-refractivity contribution >= 4 is 15.9 Å². The summed E-state index contributed by atoms with van der Waals surface area (Å²) in [6.07, 6.45) is 0. The van der Waals surface area contributed by atoms with Crippen LogP contribution in [-0.2, 0) is 0 Å². The zero-order valence-corrected chi connectivity index (χ0v) is 10.1. The van der Waals surface area contributed by atoms with Crippen molar-refractivity contribution in [1.82, 2.24) is 0 Å². The van der Waals surface area contributed by atoms with Gasteiger partial charge in [-0.3, -0.25) is 0 Å². The molecular formula is C11H12BrF2N. The van der Waals surface area contributed by atoms with Crippen LogP contribution < -0.4 is 5.73 Å². The summed E-state index contributed by atoms with van der Waals surface area (Å²) in [4.78, 5) is 0. The Morgan fingerprint density at radius 2 is 1.67 bits per heavy atom. The quantitative estimate of drug-likeness (QED) is 0.837. The van der Waals surface area contributed by atoms with E-state index in [1.54, 1.807) is 0 Å². The molecule has 2 N–H and O–H groups in total. The van der Waals surface area contributed by atoms with E-state index < -0.39 is 11.6 Å². The smallest absolute Gasteiger partial charge is 0.130 e. The van der Waals surface area contributed by atoms with Crippen LogP contribution in [0, 0.1) is 17.0 Å². The maximum Gasteiger partial charge on any atom is 0.130 e. The van der Waals surface area contributed by atoms with E-state index in [0.717, 1.165) is 0 Å². The molecule has 2 rings (SSSR count). The largest absolute Gasteiger partial charge is 0.327 e. The molecule has 0 aromatic heterocycles. The Kier molecular flexibility index (Phi) is 2.39. The van der Waals surface area contributed by atoms with Gasteiger partial charge in [-0.25, -0.2) is 8.78 Å². The van der Waals surface area contributed by atoms with Crippen LogP contribution in [0.15, 0.2) is 16.6 Å². The number of rotatable bonds is 1. The average molecular weight is 276 g/mol. The molecule has 2 atom stereocenters. The molecule has 0 radical (unpaired) electrons. The van der Waals surface area contributed by atoms with Crippen LogP contribution in [0.5, 0.6) is 0 Å². The number of nitrogens with two attached hydrogens (primary N) is 1. The van der Waals surface area contributed by atoms with Gasteiger partial charge in [-0.15, -0.1) is 0 Å². The highest BCUT2D eigenvalue weighted by Gasteiger charge is 2.58. The second-order valence-corrected chi connectivity index (χ2v) is 5.52. The lowest BCUT2D eigenvalue weighted by molar-refractivity contribution is 0.529. The molecule has 0 unspecified atom stereocenters. The second kappa shape index (κ2) is 3.25. The molecule has 15 heavy (non-hydrogen) atoms. The van der Waals surface area contributed by atoms with Crippen molar-refractivity contribution in [2.24, 2.45) is 11.1 Å². The predicted molar refractivity (Wildman–Crippen MR) is 58.6 cm³/mol. The van der Waals surface area contributed by atoms with Crippen molar-refractivity contribution in [3.05, 3.63) is 33.8 Å². The van der Waals surface area contributed by atoms with Crippen molar-refractivity contribution in [1.29, 1.82) is 0 Å². The van der Waals surface area contributed by atoms with Gasteiger partial charge in [-0.1, -0.05) is 29.8 Å². The molecule has 0 bridgehead atoms. The van der Waals surface area contributed by atoms with E-state index in [-0.39, 0.29) is 22.9 Å². The van der Waals surface area contributed by atoms with E-state index in [9.17, 15) is 8.78 Å². The van der Waals surface area contributed by atoms with Crippen molar-refractivity contribution in [3.8, 4) is 0 Å². The van der Waals surface area contributed by atoms with Gasteiger partial charge in [0.1, 0.15) is 11.6 Å². The molecule has 0 saturated heterocycles. The average Bonchev–Trinajstić information content (AvgIpc) is 2.53. The first-order chi connectivity index (χ1) is 6.85. The Morgan fingerprint density at radius 1 is 1.27 bits per heavy atom. The standard InChI is InChI=1S/C11H12BrF2N/c1-11(2)9(10(11)15)8-6(13)3-5(12)4-7(8)14/h3-4,9-10H,15H2,1-2H3/t9-,10-/m0/s1. The second-order valence-electron chi connectivity index (χ2n) is 4.61. The molecule has 1 saturated carbocycles. The molecule has 0 amide bonds. The molecule has 0 aliphatic heterocycles. The highest BCUT2D eigenvalue weighted by Crippen LogP contribution is 2.58. The third-order valence-electron chi connectivity index (χ3n) is 3.27. The van der Waals surface area contributed by atoms with Gasteiger partial charge in [0.2, 0.25) is 0 Å². The summed E-state index contributed by atoms with van der Waals surface area (Å²) in [5.41, 5.74) is 5.72. The summed E-state index contributed by atoms with van der Waals surface area (Å²) >= 11 is 3.05. The van der Waals surface area contributed by atoms with Crippen LogP contribution in [0.3, 0.4) is 0 Å². The van der Waals surface area contributed by atoms with Crippen LogP contribution >= 0.6 is 15.9 Å². The molecule has 4 heteroatoms. The first-order valence-corrected chi connectivity index (χ1v) is 5.55. The number of hydrogen-bond acceptors (Lipinski definition) is 1. The highest BCUT2D eigenvalue weighted by atomic mass is 79.9. The minimum absolute atomic E-state index is 0.121. The van der Waals surface area contributed by atoms with Gasteiger partial charge in [0, 0.05) is 22.0 Å². The molecule has 0 heterocycles. The van der Waals surface area contributed by atoms with Crippen molar-refractivity contribution in [3.63, 3.8) is 0 Å². The summed E-state index contributed by atoms with van der Waals surface area (Å²) in [5, 5.41) is 0. The maximum absolute atomic E-state index is 13.6. The monoisotopic (exact) mass is 275 g/mol. The summed E-state index contributed by atoms with van der Waals surface area (Å²) < 4.78 is 27.6. The van der Waals surface area contributed by atoms with Gasteiger partial charge in [0.25, 0.3) is 0 Å². The summed E-state index contributed by atoms with van der Waals surface area (Å²) in [6, 6.07) is 2.39. The Bertz CT molecular complexity index is 394. The predicted octanol–water partition coefficient (Wildman–Crippen LogP) is 3.18. The lowest BCUT2D eigenvalue weighted by atomic mass is 10.0.